The monoisotopic (exact) mass is 807 g/mol. The van der Waals surface area contributed by atoms with Crippen molar-refractivity contribution >= 4 is 65.6 Å². The van der Waals surface area contributed by atoms with Crippen molar-refractivity contribution in [2.45, 2.75) is 12.3 Å². The van der Waals surface area contributed by atoms with Crippen LogP contribution in [-0.4, -0.2) is 24.1 Å². The summed E-state index contributed by atoms with van der Waals surface area (Å²) < 4.78 is 10.9. The lowest BCUT2D eigenvalue weighted by Crippen LogP contribution is -2.07. The number of aromatic nitrogens is 5. The molecule has 0 bridgehead atoms. The first-order valence-corrected chi connectivity index (χ1v) is 21.5. The zero-order valence-electron chi connectivity index (χ0n) is 34.1. The summed E-state index contributed by atoms with van der Waals surface area (Å²) in [5.41, 5.74) is 12.3. The van der Waals surface area contributed by atoms with Gasteiger partial charge in [-0.2, -0.15) is 9.97 Å². The molecule has 0 N–H and O–H groups in total. The van der Waals surface area contributed by atoms with E-state index in [-0.39, 0.29) is 5.92 Å². The highest BCUT2D eigenvalue weighted by Crippen LogP contribution is 2.42. The third-order valence-corrected chi connectivity index (χ3v) is 12.7. The van der Waals surface area contributed by atoms with Crippen molar-refractivity contribution < 1.29 is 4.42 Å². The highest BCUT2D eigenvalue weighted by molar-refractivity contribution is 6.23. The fraction of sp³-hybridized carbons (Fsp3) is 0.0351. The van der Waals surface area contributed by atoms with Crippen LogP contribution in [0.2, 0.25) is 0 Å². The third-order valence-electron chi connectivity index (χ3n) is 12.7. The van der Waals surface area contributed by atoms with Gasteiger partial charge in [0.05, 0.1) is 22.1 Å². The van der Waals surface area contributed by atoms with Crippen molar-refractivity contribution in [3.05, 3.63) is 212 Å². The van der Waals surface area contributed by atoms with Gasteiger partial charge in [0.15, 0.2) is 11.6 Å². The van der Waals surface area contributed by atoms with E-state index in [0.29, 0.717) is 17.6 Å². The second-order valence-electron chi connectivity index (χ2n) is 16.4. The van der Waals surface area contributed by atoms with E-state index in [2.05, 4.69) is 197 Å². The molecule has 1 aliphatic rings. The van der Waals surface area contributed by atoms with Crippen molar-refractivity contribution in [1.29, 1.82) is 0 Å². The number of allylic oxidation sites excluding steroid dienone is 4. The Hall–Kier alpha value is -8.35. The summed E-state index contributed by atoms with van der Waals surface area (Å²) in [4.78, 5) is 16.4. The quantitative estimate of drug-likeness (QED) is 0.168. The fourth-order valence-corrected chi connectivity index (χ4v) is 9.76. The van der Waals surface area contributed by atoms with Gasteiger partial charge in [-0.15, -0.1) is 0 Å². The molecule has 12 aromatic rings. The Bertz CT molecular complexity index is 3830. The Morgan fingerprint density at radius 1 is 0.429 bits per heavy atom. The summed E-state index contributed by atoms with van der Waals surface area (Å²) >= 11 is 0. The molecule has 13 rings (SSSR count). The Balaban J connectivity index is 1.14. The lowest BCUT2D eigenvalue weighted by molar-refractivity contribution is 0.669. The molecule has 0 spiro atoms. The minimum Gasteiger partial charge on any atom is -0.456 e. The molecule has 0 amide bonds. The number of benzene rings is 8. The molecule has 296 valence electrons. The molecular formula is C57H37N5O. The number of hydrogen-bond acceptors (Lipinski definition) is 4. The topological polar surface area (TPSA) is 61.7 Å². The van der Waals surface area contributed by atoms with E-state index >= 15 is 0 Å². The minimum absolute atomic E-state index is 0.223. The summed E-state index contributed by atoms with van der Waals surface area (Å²) in [6.45, 7) is 0. The van der Waals surface area contributed by atoms with Crippen LogP contribution >= 0.6 is 0 Å². The van der Waals surface area contributed by atoms with Crippen LogP contribution in [0.1, 0.15) is 17.9 Å². The SMILES string of the molecule is C1=CCC(c2cc(-c3ccccc3)cc(-c3nc(-c4ccc5oc6ccccc6c5c4)nc(-n4c5ccccc5c5ccc6c7ccccc7n(-c7ccccc7)c6c54)n3)c2)C=C1. The van der Waals surface area contributed by atoms with E-state index in [1.807, 2.05) is 18.2 Å². The lowest BCUT2D eigenvalue weighted by Gasteiger charge is -2.17. The van der Waals surface area contributed by atoms with E-state index < -0.39 is 0 Å². The van der Waals surface area contributed by atoms with E-state index in [1.54, 1.807) is 0 Å². The summed E-state index contributed by atoms with van der Waals surface area (Å²) in [5, 5.41) is 6.66. The molecule has 0 fully saturated rings. The van der Waals surface area contributed by atoms with Crippen molar-refractivity contribution in [3.8, 4) is 45.5 Å². The van der Waals surface area contributed by atoms with Gasteiger partial charge in [0.1, 0.15) is 11.2 Å². The van der Waals surface area contributed by atoms with Gasteiger partial charge in [-0.25, -0.2) is 4.98 Å². The van der Waals surface area contributed by atoms with Crippen LogP contribution in [0.4, 0.5) is 0 Å². The average Bonchev–Trinajstić information content (AvgIpc) is 4.02. The van der Waals surface area contributed by atoms with Crippen LogP contribution in [0.15, 0.2) is 211 Å². The van der Waals surface area contributed by atoms with Crippen LogP contribution < -0.4 is 0 Å². The van der Waals surface area contributed by atoms with Gasteiger partial charge in [0.25, 0.3) is 0 Å². The maximum absolute atomic E-state index is 6.28. The molecule has 0 saturated heterocycles. The molecular weight excluding hydrogens is 771 g/mol. The molecule has 1 aliphatic carbocycles. The van der Waals surface area contributed by atoms with Gasteiger partial charge in [0.2, 0.25) is 5.95 Å². The number of nitrogens with zero attached hydrogens (tertiary/aromatic N) is 5. The van der Waals surface area contributed by atoms with E-state index in [4.69, 9.17) is 19.4 Å². The van der Waals surface area contributed by atoms with Crippen LogP contribution in [0.3, 0.4) is 0 Å². The maximum atomic E-state index is 6.28. The maximum Gasteiger partial charge on any atom is 0.238 e. The molecule has 4 aromatic heterocycles. The Labute approximate surface area is 362 Å². The summed E-state index contributed by atoms with van der Waals surface area (Å²) in [7, 11) is 0. The number of furan rings is 1. The number of hydrogen-bond donors (Lipinski definition) is 0. The van der Waals surface area contributed by atoms with Gasteiger partial charge in [-0.3, -0.25) is 4.57 Å². The number of rotatable bonds is 6. The third kappa shape index (κ3) is 5.69. The normalized spacial score (nSPS) is 14.0. The molecule has 1 atom stereocenters. The highest BCUT2D eigenvalue weighted by Gasteiger charge is 2.24. The first-order chi connectivity index (χ1) is 31.2. The summed E-state index contributed by atoms with van der Waals surface area (Å²) in [6, 6.07) is 64.3. The van der Waals surface area contributed by atoms with Gasteiger partial charge < -0.3 is 8.98 Å². The standard InChI is InChI=1S/C57H37N5O/c1-4-16-36(17-5-1)39-32-40(37-18-6-2-7-19-37)34-41(33-39)56-58-55(38-28-31-52-48(35-38)45-24-12-15-27-51(45)63-52)59-57(60-56)62-50-26-14-11-23-44(50)47-30-29-46-43-22-10-13-25-49(43)61(53(46)54(47)62)42-20-8-3-9-21-42/h1-18,20-35,37H,19H2. The summed E-state index contributed by atoms with van der Waals surface area (Å²) in [6.07, 6.45) is 9.73. The van der Waals surface area contributed by atoms with Crippen LogP contribution in [0.25, 0.3) is 111 Å². The van der Waals surface area contributed by atoms with Gasteiger partial charge >= 0.3 is 0 Å². The smallest absolute Gasteiger partial charge is 0.238 e. The van der Waals surface area contributed by atoms with E-state index in [0.717, 1.165) is 94.5 Å². The molecule has 0 radical (unpaired) electrons. The number of fused-ring (bicyclic) bond motifs is 10. The van der Waals surface area contributed by atoms with Crippen LogP contribution in [0.5, 0.6) is 0 Å². The van der Waals surface area contributed by atoms with Crippen molar-refractivity contribution in [2.75, 3.05) is 0 Å². The van der Waals surface area contributed by atoms with Gasteiger partial charge in [0, 0.05) is 55.0 Å². The summed E-state index contributed by atoms with van der Waals surface area (Å²) in [5.74, 6) is 1.95. The molecule has 0 saturated carbocycles. The van der Waals surface area contributed by atoms with E-state index in [1.165, 1.54) is 10.9 Å². The Morgan fingerprint density at radius 3 is 1.79 bits per heavy atom. The Morgan fingerprint density at radius 2 is 1.05 bits per heavy atom. The van der Waals surface area contributed by atoms with E-state index in [9.17, 15) is 0 Å². The molecule has 1 unspecified atom stereocenters. The molecule has 0 aliphatic heterocycles. The van der Waals surface area contributed by atoms with Gasteiger partial charge in [-0.1, -0.05) is 146 Å². The molecule has 63 heavy (non-hydrogen) atoms. The second-order valence-corrected chi connectivity index (χ2v) is 16.4. The zero-order valence-corrected chi connectivity index (χ0v) is 34.1. The first kappa shape index (κ1) is 35.4. The molecule has 6 nitrogen and oxygen atoms in total. The van der Waals surface area contributed by atoms with Crippen LogP contribution in [0, 0.1) is 0 Å². The van der Waals surface area contributed by atoms with Crippen LogP contribution in [-0.2, 0) is 0 Å². The second kappa shape index (κ2) is 14.1. The molecule has 4 heterocycles. The largest absolute Gasteiger partial charge is 0.456 e. The minimum atomic E-state index is 0.223. The van der Waals surface area contributed by atoms with Gasteiger partial charge in [-0.05, 0) is 83.8 Å². The average molecular weight is 808 g/mol. The first-order valence-electron chi connectivity index (χ1n) is 21.5. The van der Waals surface area contributed by atoms with Crippen molar-refractivity contribution in [2.24, 2.45) is 0 Å². The fourth-order valence-electron chi connectivity index (χ4n) is 9.76. The highest BCUT2D eigenvalue weighted by atomic mass is 16.3. The molecule has 8 aromatic carbocycles. The molecule has 6 heteroatoms. The van der Waals surface area contributed by atoms with Crippen molar-refractivity contribution in [1.82, 2.24) is 24.1 Å². The predicted octanol–water partition coefficient (Wildman–Crippen LogP) is 14.6. The zero-order chi connectivity index (χ0) is 41.4. The number of para-hydroxylation sites is 4. The van der Waals surface area contributed by atoms with Crippen molar-refractivity contribution in [3.63, 3.8) is 0 Å². The predicted molar refractivity (Wildman–Crippen MR) is 258 cm³/mol. The Kier molecular flexibility index (Phi) is 7.93. The lowest BCUT2D eigenvalue weighted by atomic mass is 9.88.